The molecular weight excluding hydrogens is 291 g/mol. The van der Waals surface area contributed by atoms with Gasteiger partial charge in [0.2, 0.25) is 11.1 Å². The molecule has 1 amide bonds. The van der Waals surface area contributed by atoms with Crippen molar-refractivity contribution in [1.82, 2.24) is 15.2 Å². The van der Waals surface area contributed by atoms with Gasteiger partial charge in [-0.05, 0) is 31.0 Å². The third-order valence-corrected chi connectivity index (χ3v) is 3.63. The van der Waals surface area contributed by atoms with Crippen LogP contribution in [-0.2, 0) is 11.2 Å². The molecule has 2 N–H and O–H groups in total. The SMILES string of the molecule is CCCc1nc(SCC(=O)Nc2ccc(C)c(F)c2)n[nH]1. The zero-order valence-corrected chi connectivity index (χ0v) is 12.8. The summed E-state index contributed by atoms with van der Waals surface area (Å²) >= 11 is 1.24. The molecule has 0 aliphatic carbocycles. The van der Waals surface area contributed by atoms with E-state index in [1.54, 1.807) is 19.1 Å². The fourth-order valence-electron chi connectivity index (χ4n) is 1.69. The highest BCUT2D eigenvalue weighted by Gasteiger charge is 2.08. The highest BCUT2D eigenvalue weighted by molar-refractivity contribution is 7.99. The number of carbonyl (C=O) groups is 1. The highest BCUT2D eigenvalue weighted by atomic mass is 32.2. The van der Waals surface area contributed by atoms with Crippen molar-refractivity contribution in [2.75, 3.05) is 11.1 Å². The second-order valence-corrected chi connectivity index (χ2v) is 5.56. The van der Waals surface area contributed by atoms with E-state index in [1.807, 2.05) is 0 Å². The van der Waals surface area contributed by atoms with Gasteiger partial charge in [-0.15, -0.1) is 5.10 Å². The number of anilines is 1. The van der Waals surface area contributed by atoms with Crippen LogP contribution in [0.1, 0.15) is 24.7 Å². The normalized spacial score (nSPS) is 10.6. The Balaban J connectivity index is 1.85. The molecular formula is C14H17FN4OS. The lowest BCUT2D eigenvalue weighted by Gasteiger charge is -2.05. The molecule has 0 fully saturated rings. The van der Waals surface area contributed by atoms with E-state index in [1.165, 1.54) is 17.8 Å². The average molecular weight is 308 g/mol. The zero-order chi connectivity index (χ0) is 15.2. The van der Waals surface area contributed by atoms with Crippen molar-refractivity contribution in [1.29, 1.82) is 0 Å². The molecule has 1 heterocycles. The maximum Gasteiger partial charge on any atom is 0.234 e. The lowest BCUT2D eigenvalue weighted by Crippen LogP contribution is -2.14. The number of halogens is 1. The van der Waals surface area contributed by atoms with Gasteiger partial charge in [0, 0.05) is 12.1 Å². The van der Waals surface area contributed by atoms with Gasteiger partial charge in [-0.3, -0.25) is 9.89 Å². The maximum absolute atomic E-state index is 13.4. The third kappa shape index (κ3) is 4.56. The molecule has 0 radical (unpaired) electrons. The summed E-state index contributed by atoms with van der Waals surface area (Å²) in [5, 5.41) is 10.0. The van der Waals surface area contributed by atoms with Crippen LogP contribution in [0.4, 0.5) is 10.1 Å². The molecule has 21 heavy (non-hydrogen) atoms. The number of amides is 1. The van der Waals surface area contributed by atoms with Crippen LogP contribution in [0.5, 0.6) is 0 Å². The van der Waals surface area contributed by atoms with Crippen molar-refractivity contribution >= 4 is 23.4 Å². The number of nitrogens with zero attached hydrogens (tertiary/aromatic N) is 2. The highest BCUT2D eigenvalue weighted by Crippen LogP contribution is 2.16. The summed E-state index contributed by atoms with van der Waals surface area (Å²) in [6.45, 7) is 3.73. The molecule has 112 valence electrons. The fraction of sp³-hybridized carbons (Fsp3) is 0.357. The summed E-state index contributed by atoms with van der Waals surface area (Å²) in [6, 6.07) is 4.61. The molecule has 2 rings (SSSR count). The van der Waals surface area contributed by atoms with Crippen LogP contribution in [0, 0.1) is 12.7 Å². The van der Waals surface area contributed by atoms with Gasteiger partial charge in [-0.2, -0.15) is 0 Å². The molecule has 5 nitrogen and oxygen atoms in total. The number of carbonyl (C=O) groups excluding carboxylic acids is 1. The van der Waals surface area contributed by atoms with Crippen molar-refractivity contribution in [2.45, 2.75) is 31.8 Å². The molecule has 0 spiro atoms. The van der Waals surface area contributed by atoms with Crippen LogP contribution in [0.2, 0.25) is 0 Å². The predicted molar refractivity (Wildman–Crippen MR) is 80.9 cm³/mol. The van der Waals surface area contributed by atoms with Gasteiger partial charge >= 0.3 is 0 Å². The van der Waals surface area contributed by atoms with E-state index in [4.69, 9.17) is 0 Å². The van der Waals surface area contributed by atoms with E-state index in [0.717, 1.165) is 18.7 Å². The number of H-pyrrole nitrogens is 1. The first-order valence-corrected chi connectivity index (χ1v) is 7.67. The summed E-state index contributed by atoms with van der Waals surface area (Å²) < 4.78 is 13.4. The number of thioether (sulfide) groups is 1. The molecule has 0 atom stereocenters. The lowest BCUT2D eigenvalue weighted by molar-refractivity contribution is -0.113. The number of aryl methyl sites for hydroxylation is 2. The smallest absolute Gasteiger partial charge is 0.234 e. The second-order valence-electron chi connectivity index (χ2n) is 4.62. The lowest BCUT2D eigenvalue weighted by atomic mass is 10.2. The number of hydrogen-bond acceptors (Lipinski definition) is 4. The minimum Gasteiger partial charge on any atom is -0.325 e. The number of rotatable bonds is 6. The minimum atomic E-state index is -0.335. The number of aromatic amines is 1. The quantitative estimate of drug-likeness (QED) is 0.805. The summed E-state index contributed by atoms with van der Waals surface area (Å²) in [5.74, 6) is 0.448. The van der Waals surface area contributed by atoms with Crippen molar-refractivity contribution in [3.63, 3.8) is 0 Å². The maximum atomic E-state index is 13.4. The molecule has 1 aromatic heterocycles. The molecule has 0 aliphatic rings. The molecule has 0 unspecified atom stereocenters. The minimum absolute atomic E-state index is 0.179. The number of benzene rings is 1. The molecule has 1 aromatic carbocycles. The number of nitrogens with one attached hydrogen (secondary N) is 2. The van der Waals surface area contributed by atoms with E-state index >= 15 is 0 Å². The van der Waals surface area contributed by atoms with Gasteiger partial charge in [0.1, 0.15) is 11.6 Å². The van der Waals surface area contributed by atoms with Crippen molar-refractivity contribution in [2.24, 2.45) is 0 Å². The summed E-state index contributed by atoms with van der Waals surface area (Å²) in [6.07, 6.45) is 1.82. The Hall–Kier alpha value is -1.89. The van der Waals surface area contributed by atoms with Crippen LogP contribution in [0.25, 0.3) is 0 Å². The van der Waals surface area contributed by atoms with Crippen molar-refractivity contribution in [3.05, 3.63) is 35.4 Å². The Bertz CT molecular complexity index is 629. The van der Waals surface area contributed by atoms with Gasteiger partial charge in [0.15, 0.2) is 0 Å². The monoisotopic (exact) mass is 308 g/mol. The van der Waals surface area contributed by atoms with Gasteiger partial charge in [0.05, 0.1) is 5.75 Å². The van der Waals surface area contributed by atoms with E-state index < -0.39 is 0 Å². The van der Waals surface area contributed by atoms with E-state index in [2.05, 4.69) is 27.4 Å². The molecule has 2 aromatic rings. The molecule has 0 saturated carbocycles. The Labute approximate surface area is 126 Å². The molecule has 0 aliphatic heterocycles. The van der Waals surface area contributed by atoms with E-state index in [-0.39, 0.29) is 17.5 Å². The predicted octanol–water partition coefficient (Wildman–Crippen LogP) is 2.94. The number of hydrogen-bond donors (Lipinski definition) is 2. The van der Waals surface area contributed by atoms with Gasteiger partial charge < -0.3 is 5.32 Å². The first kappa shape index (κ1) is 15.5. The van der Waals surface area contributed by atoms with Crippen molar-refractivity contribution in [3.8, 4) is 0 Å². The van der Waals surface area contributed by atoms with E-state index in [0.29, 0.717) is 16.4 Å². The van der Waals surface area contributed by atoms with Gasteiger partial charge in [0.25, 0.3) is 0 Å². The van der Waals surface area contributed by atoms with Crippen LogP contribution in [0.3, 0.4) is 0 Å². The Morgan fingerprint density at radius 3 is 3.00 bits per heavy atom. The molecule has 7 heteroatoms. The standard InChI is InChI=1S/C14H17FN4OS/c1-3-4-12-17-14(19-18-12)21-8-13(20)16-10-6-5-9(2)11(15)7-10/h5-7H,3-4,8H2,1-2H3,(H,16,20)(H,17,18,19). The Morgan fingerprint density at radius 2 is 2.29 bits per heavy atom. The average Bonchev–Trinajstić information content (AvgIpc) is 2.89. The summed E-state index contributed by atoms with van der Waals surface area (Å²) in [5.41, 5.74) is 0.997. The van der Waals surface area contributed by atoms with Crippen molar-refractivity contribution < 1.29 is 9.18 Å². The Morgan fingerprint density at radius 1 is 1.48 bits per heavy atom. The second kappa shape index (κ2) is 7.21. The first-order chi connectivity index (χ1) is 10.1. The molecule has 0 bridgehead atoms. The van der Waals surface area contributed by atoms with Crippen LogP contribution in [-0.4, -0.2) is 26.8 Å². The van der Waals surface area contributed by atoms with Gasteiger partial charge in [-0.1, -0.05) is 24.8 Å². The Kier molecular flexibility index (Phi) is 5.32. The van der Waals surface area contributed by atoms with Crippen LogP contribution >= 0.6 is 11.8 Å². The number of aromatic nitrogens is 3. The fourth-order valence-corrected chi connectivity index (χ4v) is 2.31. The molecule has 0 saturated heterocycles. The van der Waals surface area contributed by atoms with E-state index in [9.17, 15) is 9.18 Å². The van der Waals surface area contributed by atoms with Crippen LogP contribution < -0.4 is 5.32 Å². The van der Waals surface area contributed by atoms with Gasteiger partial charge in [-0.25, -0.2) is 9.37 Å². The largest absolute Gasteiger partial charge is 0.325 e. The summed E-state index contributed by atoms with van der Waals surface area (Å²) in [4.78, 5) is 16.1. The summed E-state index contributed by atoms with van der Waals surface area (Å²) in [7, 11) is 0. The topological polar surface area (TPSA) is 70.7 Å². The third-order valence-electron chi connectivity index (χ3n) is 2.79. The zero-order valence-electron chi connectivity index (χ0n) is 11.9. The first-order valence-electron chi connectivity index (χ1n) is 6.68. The van der Waals surface area contributed by atoms with Crippen LogP contribution in [0.15, 0.2) is 23.4 Å².